The van der Waals surface area contributed by atoms with Crippen LogP contribution in [-0.2, 0) is 9.59 Å². The van der Waals surface area contributed by atoms with Gasteiger partial charge in [0.1, 0.15) is 5.75 Å². The van der Waals surface area contributed by atoms with Crippen LogP contribution >= 0.6 is 0 Å². The minimum absolute atomic E-state index is 0.155. The van der Waals surface area contributed by atoms with Gasteiger partial charge in [0.25, 0.3) is 0 Å². The number of rotatable bonds is 8. The van der Waals surface area contributed by atoms with Gasteiger partial charge in [0.15, 0.2) is 0 Å². The SMILES string of the molecule is CC(NC(=O)CCCOc1cccc2ccccc12)C(C)C(=O)O. The van der Waals surface area contributed by atoms with E-state index >= 15 is 0 Å². The molecular formula is C19H23NO4. The number of carbonyl (C=O) groups excluding carboxylic acids is 1. The summed E-state index contributed by atoms with van der Waals surface area (Å²) in [6, 6.07) is 13.5. The second-order valence-electron chi connectivity index (χ2n) is 5.91. The van der Waals surface area contributed by atoms with Gasteiger partial charge in [0, 0.05) is 17.8 Å². The van der Waals surface area contributed by atoms with E-state index in [9.17, 15) is 9.59 Å². The van der Waals surface area contributed by atoms with Crippen LogP contribution in [0.1, 0.15) is 26.7 Å². The number of hydrogen-bond acceptors (Lipinski definition) is 3. The highest BCUT2D eigenvalue weighted by atomic mass is 16.5. The Balaban J connectivity index is 1.78. The standard InChI is InChI=1S/C19H23NO4/c1-13(19(22)23)14(2)20-18(21)11-6-12-24-17-10-5-8-15-7-3-4-9-16(15)17/h3-5,7-10,13-14H,6,11-12H2,1-2H3,(H,20,21)(H,22,23). The molecule has 128 valence electrons. The number of nitrogens with one attached hydrogen (secondary N) is 1. The fourth-order valence-corrected chi connectivity index (χ4v) is 2.40. The first-order chi connectivity index (χ1) is 11.5. The van der Waals surface area contributed by atoms with Gasteiger partial charge in [-0.2, -0.15) is 0 Å². The number of carbonyl (C=O) groups is 2. The van der Waals surface area contributed by atoms with E-state index in [1.165, 1.54) is 0 Å². The molecule has 0 aliphatic rings. The molecule has 2 aromatic carbocycles. The zero-order chi connectivity index (χ0) is 17.5. The molecule has 2 N–H and O–H groups in total. The molecule has 0 bridgehead atoms. The molecule has 2 unspecified atom stereocenters. The Morgan fingerprint density at radius 1 is 1.12 bits per heavy atom. The summed E-state index contributed by atoms with van der Waals surface area (Å²) in [5.74, 6) is -0.874. The Bertz CT molecular complexity index is 708. The van der Waals surface area contributed by atoms with E-state index in [2.05, 4.69) is 5.32 Å². The Morgan fingerprint density at radius 2 is 1.83 bits per heavy atom. The van der Waals surface area contributed by atoms with Gasteiger partial charge in [0.2, 0.25) is 5.91 Å². The van der Waals surface area contributed by atoms with E-state index in [0.717, 1.165) is 16.5 Å². The van der Waals surface area contributed by atoms with E-state index in [4.69, 9.17) is 9.84 Å². The van der Waals surface area contributed by atoms with Gasteiger partial charge in [-0.1, -0.05) is 36.4 Å². The Morgan fingerprint density at radius 3 is 2.58 bits per heavy atom. The van der Waals surface area contributed by atoms with Gasteiger partial charge in [-0.3, -0.25) is 9.59 Å². The first kappa shape index (κ1) is 17.8. The average molecular weight is 329 g/mol. The summed E-state index contributed by atoms with van der Waals surface area (Å²) in [4.78, 5) is 22.7. The lowest BCUT2D eigenvalue weighted by atomic mass is 10.0. The van der Waals surface area contributed by atoms with Crippen LogP contribution in [0.25, 0.3) is 10.8 Å². The number of fused-ring (bicyclic) bond motifs is 1. The maximum atomic E-state index is 11.8. The van der Waals surface area contributed by atoms with E-state index in [1.807, 2.05) is 42.5 Å². The summed E-state index contributed by atoms with van der Waals surface area (Å²) in [6.07, 6.45) is 0.880. The fraction of sp³-hybridized carbons (Fsp3) is 0.368. The summed E-state index contributed by atoms with van der Waals surface area (Å²) in [5, 5.41) is 13.8. The minimum Gasteiger partial charge on any atom is -0.493 e. The first-order valence-corrected chi connectivity index (χ1v) is 8.11. The van der Waals surface area contributed by atoms with E-state index in [1.54, 1.807) is 13.8 Å². The molecule has 0 aromatic heterocycles. The van der Waals surface area contributed by atoms with E-state index < -0.39 is 17.9 Å². The van der Waals surface area contributed by atoms with Gasteiger partial charge in [-0.25, -0.2) is 0 Å². The van der Waals surface area contributed by atoms with Crippen molar-refractivity contribution in [2.75, 3.05) is 6.61 Å². The molecule has 1 amide bonds. The second-order valence-corrected chi connectivity index (χ2v) is 5.91. The number of ether oxygens (including phenoxy) is 1. The zero-order valence-corrected chi connectivity index (χ0v) is 14.0. The van der Waals surface area contributed by atoms with Crippen molar-refractivity contribution < 1.29 is 19.4 Å². The van der Waals surface area contributed by atoms with Crippen molar-refractivity contribution in [2.45, 2.75) is 32.7 Å². The summed E-state index contributed by atoms with van der Waals surface area (Å²) in [7, 11) is 0. The molecule has 0 saturated carbocycles. The van der Waals surface area contributed by atoms with Gasteiger partial charge in [0.05, 0.1) is 12.5 Å². The summed E-state index contributed by atoms with van der Waals surface area (Å²) in [6.45, 7) is 3.71. The van der Waals surface area contributed by atoms with Crippen LogP contribution in [0.2, 0.25) is 0 Å². The monoisotopic (exact) mass is 329 g/mol. The lowest BCUT2D eigenvalue weighted by molar-refractivity contribution is -0.142. The molecule has 0 aliphatic heterocycles. The normalized spacial score (nSPS) is 13.2. The van der Waals surface area contributed by atoms with Crippen LogP contribution in [0.5, 0.6) is 5.75 Å². The highest BCUT2D eigenvalue weighted by Gasteiger charge is 2.20. The van der Waals surface area contributed by atoms with Crippen molar-refractivity contribution in [3.63, 3.8) is 0 Å². The number of amides is 1. The highest BCUT2D eigenvalue weighted by molar-refractivity contribution is 5.88. The van der Waals surface area contributed by atoms with Gasteiger partial charge in [-0.15, -0.1) is 0 Å². The second kappa shape index (κ2) is 8.34. The number of carboxylic acid groups (broad SMARTS) is 1. The fourth-order valence-electron chi connectivity index (χ4n) is 2.40. The van der Waals surface area contributed by atoms with Gasteiger partial charge in [-0.05, 0) is 31.7 Å². The molecule has 2 rings (SSSR count). The largest absolute Gasteiger partial charge is 0.493 e. The molecular weight excluding hydrogens is 306 g/mol. The molecule has 0 spiro atoms. The van der Waals surface area contributed by atoms with E-state index in [-0.39, 0.29) is 5.91 Å². The van der Waals surface area contributed by atoms with Crippen LogP contribution in [0, 0.1) is 5.92 Å². The molecule has 0 radical (unpaired) electrons. The molecule has 2 aromatic rings. The van der Waals surface area contributed by atoms with Crippen molar-refractivity contribution in [2.24, 2.45) is 5.92 Å². The average Bonchev–Trinajstić information content (AvgIpc) is 2.57. The quantitative estimate of drug-likeness (QED) is 0.729. The lowest BCUT2D eigenvalue weighted by Crippen LogP contribution is -2.40. The molecule has 5 heteroatoms. The number of carboxylic acids is 1. The third-order valence-corrected chi connectivity index (χ3v) is 4.08. The third-order valence-electron chi connectivity index (χ3n) is 4.08. The Hall–Kier alpha value is -2.56. The molecule has 0 heterocycles. The summed E-state index contributed by atoms with van der Waals surface area (Å²) >= 11 is 0. The molecule has 5 nitrogen and oxygen atoms in total. The Labute approximate surface area is 141 Å². The van der Waals surface area contributed by atoms with Crippen molar-refractivity contribution in [3.8, 4) is 5.75 Å². The van der Waals surface area contributed by atoms with Crippen LogP contribution in [0.4, 0.5) is 0 Å². The van der Waals surface area contributed by atoms with Crippen LogP contribution in [0.3, 0.4) is 0 Å². The molecule has 0 fully saturated rings. The van der Waals surface area contributed by atoms with Crippen molar-refractivity contribution in [1.29, 1.82) is 0 Å². The highest BCUT2D eigenvalue weighted by Crippen LogP contribution is 2.25. The number of hydrogen-bond donors (Lipinski definition) is 2. The van der Waals surface area contributed by atoms with Gasteiger partial charge >= 0.3 is 5.97 Å². The Kier molecular flexibility index (Phi) is 6.18. The van der Waals surface area contributed by atoms with Gasteiger partial charge < -0.3 is 15.2 Å². The molecule has 2 atom stereocenters. The topological polar surface area (TPSA) is 75.6 Å². The molecule has 0 aliphatic carbocycles. The maximum absolute atomic E-state index is 11.8. The predicted octanol–water partition coefficient (Wildman–Crippen LogP) is 3.22. The number of benzene rings is 2. The van der Waals surface area contributed by atoms with Crippen LogP contribution in [0.15, 0.2) is 42.5 Å². The van der Waals surface area contributed by atoms with Crippen LogP contribution < -0.4 is 10.1 Å². The van der Waals surface area contributed by atoms with Crippen molar-refractivity contribution in [3.05, 3.63) is 42.5 Å². The van der Waals surface area contributed by atoms with Crippen LogP contribution in [-0.4, -0.2) is 29.6 Å². The summed E-state index contributed by atoms with van der Waals surface area (Å²) in [5.41, 5.74) is 0. The lowest BCUT2D eigenvalue weighted by Gasteiger charge is -2.17. The molecule has 24 heavy (non-hydrogen) atoms. The third kappa shape index (κ3) is 4.72. The predicted molar refractivity (Wildman–Crippen MR) is 93.1 cm³/mol. The minimum atomic E-state index is -0.915. The maximum Gasteiger partial charge on any atom is 0.308 e. The number of aliphatic carboxylic acids is 1. The van der Waals surface area contributed by atoms with E-state index in [0.29, 0.717) is 19.4 Å². The van der Waals surface area contributed by atoms with Crippen molar-refractivity contribution in [1.82, 2.24) is 5.32 Å². The van der Waals surface area contributed by atoms with Crippen molar-refractivity contribution >= 4 is 22.6 Å². The zero-order valence-electron chi connectivity index (χ0n) is 14.0. The molecule has 0 saturated heterocycles. The smallest absolute Gasteiger partial charge is 0.308 e. The summed E-state index contributed by atoms with van der Waals surface area (Å²) < 4.78 is 5.79. The first-order valence-electron chi connectivity index (χ1n) is 8.11.